The molecular weight excluding hydrogens is 404 g/mol. The molecule has 4 nitrogen and oxygen atoms in total. The number of nitrogens with one attached hydrogen (secondary N) is 1. The molecule has 4 rings (SSSR count). The van der Waals surface area contributed by atoms with Gasteiger partial charge in [-0.05, 0) is 66.6 Å². The Kier molecular flexibility index (Phi) is 4.77. The number of halogens is 1. The average molecular weight is 421 g/mol. The van der Waals surface area contributed by atoms with Gasteiger partial charge in [0.15, 0.2) is 5.58 Å². The highest BCUT2D eigenvalue weighted by molar-refractivity contribution is 9.10. The molecule has 1 heterocycles. The zero-order valence-electron chi connectivity index (χ0n) is 14.7. The van der Waals surface area contributed by atoms with Crippen LogP contribution in [-0.2, 0) is 6.42 Å². The Labute approximate surface area is 165 Å². The van der Waals surface area contributed by atoms with Crippen LogP contribution in [0.4, 0.5) is 5.69 Å². The molecule has 5 heteroatoms. The topological polar surface area (TPSA) is 55.1 Å². The highest BCUT2D eigenvalue weighted by Gasteiger charge is 2.11. The van der Waals surface area contributed by atoms with Crippen molar-refractivity contribution in [1.82, 2.24) is 4.98 Å². The van der Waals surface area contributed by atoms with Crippen LogP contribution >= 0.6 is 15.9 Å². The van der Waals surface area contributed by atoms with E-state index in [1.165, 1.54) is 5.56 Å². The van der Waals surface area contributed by atoms with Crippen molar-refractivity contribution in [3.8, 4) is 11.5 Å². The predicted octanol–water partition coefficient (Wildman–Crippen LogP) is 6.07. The lowest BCUT2D eigenvalue weighted by Crippen LogP contribution is -2.11. The van der Waals surface area contributed by atoms with E-state index in [4.69, 9.17) is 4.42 Å². The van der Waals surface area contributed by atoms with Gasteiger partial charge in [-0.3, -0.25) is 4.79 Å². The fourth-order valence-electron chi connectivity index (χ4n) is 2.82. The van der Waals surface area contributed by atoms with Gasteiger partial charge in [0.2, 0.25) is 5.89 Å². The van der Waals surface area contributed by atoms with Gasteiger partial charge in [0.25, 0.3) is 5.91 Å². The number of nitrogens with zero attached hydrogens (tertiary/aromatic N) is 1. The predicted molar refractivity (Wildman–Crippen MR) is 111 cm³/mol. The Morgan fingerprint density at radius 3 is 2.48 bits per heavy atom. The lowest BCUT2D eigenvalue weighted by molar-refractivity contribution is 0.102. The average Bonchev–Trinajstić information content (AvgIpc) is 3.12. The SMILES string of the molecule is CCc1ccc(C(=O)Nc2ccc3oc(-c4ccc(Br)cc4)nc3c2)cc1. The van der Waals surface area contributed by atoms with Crippen molar-refractivity contribution in [2.45, 2.75) is 13.3 Å². The van der Waals surface area contributed by atoms with Gasteiger partial charge in [-0.25, -0.2) is 4.98 Å². The first-order valence-electron chi connectivity index (χ1n) is 8.69. The third-order valence-corrected chi connectivity index (χ3v) is 4.89. The van der Waals surface area contributed by atoms with Gasteiger partial charge in [0, 0.05) is 21.3 Å². The first-order valence-corrected chi connectivity index (χ1v) is 9.48. The molecule has 0 atom stereocenters. The second-order valence-corrected chi connectivity index (χ2v) is 7.13. The Bertz CT molecular complexity index is 1100. The Hall–Kier alpha value is -2.92. The lowest BCUT2D eigenvalue weighted by atomic mass is 10.1. The van der Waals surface area contributed by atoms with Crippen molar-refractivity contribution in [1.29, 1.82) is 0 Å². The molecule has 27 heavy (non-hydrogen) atoms. The summed E-state index contributed by atoms with van der Waals surface area (Å²) in [5, 5.41) is 2.92. The van der Waals surface area contributed by atoms with Crippen LogP contribution in [-0.4, -0.2) is 10.9 Å². The molecule has 0 unspecified atom stereocenters. The van der Waals surface area contributed by atoms with Gasteiger partial charge in [0.1, 0.15) is 5.52 Å². The minimum absolute atomic E-state index is 0.145. The number of hydrogen-bond donors (Lipinski definition) is 1. The molecular formula is C22H17BrN2O2. The van der Waals surface area contributed by atoms with Crippen LogP contribution in [0.25, 0.3) is 22.6 Å². The van der Waals surface area contributed by atoms with E-state index in [0.717, 1.165) is 16.5 Å². The minimum Gasteiger partial charge on any atom is -0.436 e. The molecule has 134 valence electrons. The van der Waals surface area contributed by atoms with Gasteiger partial charge in [-0.2, -0.15) is 0 Å². The molecule has 3 aromatic carbocycles. The second kappa shape index (κ2) is 7.37. The molecule has 0 radical (unpaired) electrons. The molecule has 1 aromatic heterocycles. The third-order valence-electron chi connectivity index (χ3n) is 4.36. The largest absolute Gasteiger partial charge is 0.436 e. The van der Waals surface area contributed by atoms with E-state index in [1.54, 1.807) is 0 Å². The number of carbonyl (C=O) groups excluding carboxylic acids is 1. The summed E-state index contributed by atoms with van der Waals surface area (Å²) in [5.74, 6) is 0.407. The van der Waals surface area contributed by atoms with E-state index in [0.29, 0.717) is 28.2 Å². The minimum atomic E-state index is -0.145. The summed E-state index contributed by atoms with van der Waals surface area (Å²) in [4.78, 5) is 17.0. The highest BCUT2D eigenvalue weighted by atomic mass is 79.9. The molecule has 0 spiro atoms. The van der Waals surface area contributed by atoms with Gasteiger partial charge in [-0.1, -0.05) is 35.0 Å². The molecule has 0 saturated carbocycles. The number of oxazole rings is 1. The molecule has 4 aromatic rings. The number of aromatic nitrogens is 1. The maximum atomic E-state index is 12.4. The van der Waals surface area contributed by atoms with Crippen LogP contribution in [0.2, 0.25) is 0 Å². The third kappa shape index (κ3) is 3.78. The monoisotopic (exact) mass is 420 g/mol. The Balaban J connectivity index is 1.57. The van der Waals surface area contributed by atoms with Crippen LogP contribution < -0.4 is 5.32 Å². The van der Waals surface area contributed by atoms with E-state index in [1.807, 2.05) is 66.7 Å². The van der Waals surface area contributed by atoms with Crippen LogP contribution in [0.3, 0.4) is 0 Å². The summed E-state index contributed by atoms with van der Waals surface area (Å²) in [6, 6.07) is 20.9. The zero-order chi connectivity index (χ0) is 18.8. The first-order chi connectivity index (χ1) is 13.1. The van der Waals surface area contributed by atoms with E-state index in [9.17, 15) is 4.79 Å². The van der Waals surface area contributed by atoms with Crippen molar-refractivity contribution in [3.05, 3.63) is 82.3 Å². The van der Waals surface area contributed by atoms with Crippen molar-refractivity contribution in [2.24, 2.45) is 0 Å². The molecule has 0 aliphatic rings. The molecule has 1 amide bonds. The van der Waals surface area contributed by atoms with Crippen molar-refractivity contribution in [2.75, 3.05) is 5.32 Å². The normalized spacial score (nSPS) is 10.9. The first kappa shape index (κ1) is 17.5. The Morgan fingerprint density at radius 1 is 1.04 bits per heavy atom. The number of rotatable bonds is 4. The van der Waals surface area contributed by atoms with Gasteiger partial charge >= 0.3 is 0 Å². The summed E-state index contributed by atoms with van der Waals surface area (Å²) in [7, 11) is 0. The summed E-state index contributed by atoms with van der Waals surface area (Å²) in [6.45, 7) is 2.09. The van der Waals surface area contributed by atoms with Crippen LogP contribution in [0.1, 0.15) is 22.8 Å². The number of benzene rings is 3. The lowest BCUT2D eigenvalue weighted by Gasteiger charge is -2.05. The number of carbonyl (C=O) groups is 1. The maximum Gasteiger partial charge on any atom is 0.255 e. The molecule has 0 fully saturated rings. The van der Waals surface area contributed by atoms with E-state index >= 15 is 0 Å². The fraction of sp³-hybridized carbons (Fsp3) is 0.0909. The van der Waals surface area contributed by atoms with E-state index < -0.39 is 0 Å². The van der Waals surface area contributed by atoms with E-state index in [-0.39, 0.29) is 5.91 Å². The van der Waals surface area contributed by atoms with Crippen molar-refractivity contribution >= 4 is 38.6 Å². The van der Waals surface area contributed by atoms with Crippen molar-refractivity contribution < 1.29 is 9.21 Å². The van der Waals surface area contributed by atoms with Crippen LogP contribution in [0.15, 0.2) is 75.6 Å². The summed E-state index contributed by atoms with van der Waals surface area (Å²) in [5.41, 5.74) is 4.79. The van der Waals surface area contributed by atoms with Crippen LogP contribution in [0.5, 0.6) is 0 Å². The number of fused-ring (bicyclic) bond motifs is 1. The maximum absolute atomic E-state index is 12.4. The fourth-order valence-corrected chi connectivity index (χ4v) is 3.08. The van der Waals surface area contributed by atoms with Crippen molar-refractivity contribution in [3.63, 3.8) is 0 Å². The smallest absolute Gasteiger partial charge is 0.255 e. The molecule has 0 aliphatic carbocycles. The number of anilines is 1. The summed E-state index contributed by atoms with van der Waals surface area (Å²) < 4.78 is 6.82. The van der Waals surface area contributed by atoms with Gasteiger partial charge < -0.3 is 9.73 Å². The number of aryl methyl sites for hydroxylation is 1. The summed E-state index contributed by atoms with van der Waals surface area (Å²) in [6.07, 6.45) is 0.950. The van der Waals surface area contributed by atoms with Gasteiger partial charge in [-0.15, -0.1) is 0 Å². The quantitative estimate of drug-likeness (QED) is 0.435. The zero-order valence-corrected chi connectivity index (χ0v) is 16.3. The highest BCUT2D eigenvalue weighted by Crippen LogP contribution is 2.27. The van der Waals surface area contributed by atoms with E-state index in [2.05, 4.69) is 33.2 Å². The van der Waals surface area contributed by atoms with Crippen LogP contribution in [0, 0.1) is 0 Å². The van der Waals surface area contributed by atoms with Gasteiger partial charge in [0.05, 0.1) is 0 Å². The molecule has 0 bridgehead atoms. The Morgan fingerprint density at radius 2 is 1.78 bits per heavy atom. The summed E-state index contributed by atoms with van der Waals surface area (Å²) >= 11 is 3.42. The number of amides is 1. The standard InChI is InChI=1S/C22H17BrN2O2/c1-2-14-3-5-15(6-4-14)21(26)24-18-11-12-20-19(13-18)25-22(27-20)16-7-9-17(23)10-8-16/h3-13H,2H2,1H3,(H,24,26). The molecule has 0 saturated heterocycles. The number of hydrogen-bond acceptors (Lipinski definition) is 3. The second-order valence-electron chi connectivity index (χ2n) is 6.21. The molecule has 0 aliphatic heterocycles. The molecule has 1 N–H and O–H groups in total.